The van der Waals surface area contributed by atoms with Crippen LogP contribution in [0.15, 0.2) is 41.6 Å². The van der Waals surface area contributed by atoms with Crippen molar-refractivity contribution in [1.82, 2.24) is 15.0 Å². The van der Waals surface area contributed by atoms with Gasteiger partial charge in [-0.1, -0.05) is 0 Å². The highest BCUT2D eigenvalue weighted by Crippen LogP contribution is 2.30. The first-order chi connectivity index (χ1) is 11.7. The van der Waals surface area contributed by atoms with Crippen LogP contribution in [0.5, 0.6) is 11.5 Å². The first-order valence-electron chi connectivity index (χ1n) is 7.52. The van der Waals surface area contributed by atoms with E-state index in [0.29, 0.717) is 35.6 Å². The molecule has 0 atom stereocenters. The Labute approximate surface area is 138 Å². The second-order valence-electron chi connectivity index (χ2n) is 5.21. The predicted molar refractivity (Wildman–Crippen MR) is 91.9 cm³/mol. The molecule has 0 aliphatic rings. The van der Waals surface area contributed by atoms with Crippen molar-refractivity contribution in [3.05, 3.63) is 52.8 Å². The maximum absolute atomic E-state index is 11.8. The van der Waals surface area contributed by atoms with Crippen molar-refractivity contribution in [3.8, 4) is 11.5 Å². The lowest BCUT2D eigenvalue weighted by molar-refractivity contribution is 0.306. The third-order valence-electron chi connectivity index (χ3n) is 3.51. The molecule has 2 aromatic heterocycles. The van der Waals surface area contributed by atoms with Crippen molar-refractivity contribution in [3.63, 3.8) is 0 Å². The zero-order chi connectivity index (χ0) is 16.9. The van der Waals surface area contributed by atoms with E-state index in [1.807, 2.05) is 19.1 Å². The van der Waals surface area contributed by atoms with Gasteiger partial charge in [0, 0.05) is 30.2 Å². The minimum absolute atomic E-state index is 0.209. The molecule has 0 unspecified atom stereocenters. The van der Waals surface area contributed by atoms with E-state index in [4.69, 9.17) is 9.47 Å². The zero-order valence-corrected chi connectivity index (χ0v) is 13.5. The van der Waals surface area contributed by atoms with Crippen LogP contribution in [0.2, 0.25) is 0 Å². The molecular weight excluding hydrogens is 308 g/mol. The maximum atomic E-state index is 11.8. The van der Waals surface area contributed by atoms with Gasteiger partial charge in [0.15, 0.2) is 11.5 Å². The van der Waals surface area contributed by atoms with Gasteiger partial charge < -0.3 is 19.8 Å². The number of nitrogens with one attached hydrogen (secondary N) is 2. The van der Waals surface area contributed by atoms with Gasteiger partial charge in [0.2, 0.25) is 0 Å². The second-order valence-corrected chi connectivity index (χ2v) is 5.21. The van der Waals surface area contributed by atoms with Crippen LogP contribution in [-0.4, -0.2) is 35.2 Å². The number of hydrogen-bond donors (Lipinski definition) is 2. The maximum Gasteiger partial charge on any atom is 0.258 e. The molecule has 7 nitrogen and oxygen atoms in total. The smallest absolute Gasteiger partial charge is 0.258 e. The summed E-state index contributed by atoms with van der Waals surface area (Å²) in [6.07, 6.45) is 3.13. The standard InChI is InChI=1S/C17H18N4O3/c1-11-7-12(3-4-18-11)19-5-6-24-16-9-14-13(8-15(16)23-2)17(22)21-10-20-14/h3-4,7-10H,5-6H2,1-2H3,(H,18,19)(H,20,21,22). The van der Waals surface area contributed by atoms with Crippen LogP contribution in [0.4, 0.5) is 5.69 Å². The van der Waals surface area contributed by atoms with E-state index >= 15 is 0 Å². The lowest BCUT2D eigenvalue weighted by atomic mass is 10.2. The highest BCUT2D eigenvalue weighted by molar-refractivity contribution is 5.81. The van der Waals surface area contributed by atoms with Crippen molar-refractivity contribution in [1.29, 1.82) is 0 Å². The molecule has 3 aromatic rings. The normalized spacial score (nSPS) is 10.6. The Balaban J connectivity index is 1.69. The molecule has 3 rings (SSSR count). The lowest BCUT2D eigenvalue weighted by Crippen LogP contribution is -2.12. The van der Waals surface area contributed by atoms with Gasteiger partial charge in [-0.25, -0.2) is 4.98 Å². The number of H-pyrrole nitrogens is 1. The molecule has 0 amide bonds. The van der Waals surface area contributed by atoms with Crippen LogP contribution < -0.4 is 20.3 Å². The van der Waals surface area contributed by atoms with Crippen molar-refractivity contribution in [2.75, 3.05) is 25.6 Å². The van der Waals surface area contributed by atoms with Crippen LogP contribution in [0.3, 0.4) is 0 Å². The zero-order valence-electron chi connectivity index (χ0n) is 13.5. The summed E-state index contributed by atoms with van der Waals surface area (Å²) in [5.41, 5.74) is 2.30. The molecule has 0 saturated heterocycles. The summed E-state index contributed by atoms with van der Waals surface area (Å²) in [5.74, 6) is 1.05. The number of pyridine rings is 1. The van der Waals surface area contributed by atoms with Gasteiger partial charge >= 0.3 is 0 Å². The van der Waals surface area contributed by atoms with Gasteiger partial charge in [-0.05, 0) is 25.1 Å². The number of ether oxygens (including phenoxy) is 2. The molecule has 0 aliphatic heterocycles. The van der Waals surface area contributed by atoms with Crippen molar-refractivity contribution in [2.45, 2.75) is 6.92 Å². The SMILES string of the molecule is COc1cc2c(=O)[nH]cnc2cc1OCCNc1ccnc(C)c1. The van der Waals surface area contributed by atoms with Crippen molar-refractivity contribution < 1.29 is 9.47 Å². The van der Waals surface area contributed by atoms with Gasteiger partial charge in [-0.3, -0.25) is 9.78 Å². The molecule has 0 aliphatic carbocycles. The fourth-order valence-corrected chi connectivity index (χ4v) is 2.36. The van der Waals surface area contributed by atoms with Gasteiger partial charge in [-0.2, -0.15) is 0 Å². The Morgan fingerprint density at radius 1 is 1.21 bits per heavy atom. The average Bonchev–Trinajstić information content (AvgIpc) is 2.58. The molecule has 2 heterocycles. The van der Waals surface area contributed by atoms with Crippen LogP contribution in [0.1, 0.15) is 5.69 Å². The fourth-order valence-electron chi connectivity index (χ4n) is 2.36. The quantitative estimate of drug-likeness (QED) is 0.675. The van der Waals surface area contributed by atoms with E-state index in [2.05, 4.69) is 20.3 Å². The molecule has 0 fully saturated rings. The minimum Gasteiger partial charge on any atom is -0.493 e. The van der Waals surface area contributed by atoms with Gasteiger partial charge in [0.1, 0.15) is 6.61 Å². The Kier molecular flexibility index (Phi) is 4.60. The molecule has 0 radical (unpaired) electrons. The molecule has 124 valence electrons. The van der Waals surface area contributed by atoms with E-state index in [-0.39, 0.29) is 5.56 Å². The van der Waals surface area contributed by atoms with Crippen molar-refractivity contribution in [2.24, 2.45) is 0 Å². The van der Waals surface area contributed by atoms with Crippen molar-refractivity contribution >= 4 is 16.6 Å². The Morgan fingerprint density at radius 3 is 2.88 bits per heavy atom. The number of anilines is 1. The summed E-state index contributed by atoms with van der Waals surface area (Å²) in [6, 6.07) is 7.21. The Hall–Kier alpha value is -3.09. The molecular formula is C17H18N4O3. The van der Waals surface area contributed by atoms with E-state index in [9.17, 15) is 4.79 Å². The van der Waals surface area contributed by atoms with Crippen LogP contribution in [-0.2, 0) is 0 Å². The number of aryl methyl sites for hydroxylation is 1. The first-order valence-corrected chi connectivity index (χ1v) is 7.52. The molecule has 0 bridgehead atoms. The average molecular weight is 326 g/mol. The summed E-state index contributed by atoms with van der Waals surface area (Å²) in [6.45, 7) is 3.00. The number of aromatic amines is 1. The molecule has 7 heteroatoms. The van der Waals surface area contributed by atoms with Gasteiger partial charge in [-0.15, -0.1) is 0 Å². The van der Waals surface area contributed by atoms with Gasteiger partial charge in [0.05, 0.1) is 24.3 Å². The molecule has 24 heavy (non-hydrogen) atoms. The number of nitrogens with zero attached hydrogens (tertiary/aromatic N) is 2. The van der Waals surface area contributed by atoms with E-state index in [1.54, 1.807) is 18.3 Å². The van der Waals surface area contributed by atoms with Crippen LogP contribution in [0.25, 0.3) is 10.9 Å². The van der Waals surface area contributed by atoms with E-state index in [0.717, 1.165) is 11.4 Å². The summed E-state index contributed by atoms with van der Waals surface area (Å²) >= 11 is 0. The number of benzene rings is 1. The summed E-state index contributed by atoms with van der Waals surface area (Å²) in [5, 5.41) is 3.73. The Morgan fingerprint density at radius 2 is 2.08 bits per heavy atom. The topological polar surface area (TPSA) is 89.1 Å². The van der Waals surface area contributed by atoms with Gasteiger partial charge in [0.25, 0.3) is 5.56 Å². The number of fused-ring (bicyclic) bond motifs is 1. The molecule has 1 aromatic carbocycles. The molecule has 0 spiro atoms. The Bertz CT molecular complexity index is 908. The monoisotopic (exact) mass is 326 g/mol. The third-order valence-corrected chi connectivity index (χ3v) is 3.51. The highest BCUT2D eigenvalue weighted by Gasteiger charge is 2.09. The third kappa shape index (κ3) is 3.45. The molecule has 2 N–H and O–H groups in total. The number of methoxy groups -OCH3 is 1. The molecule has 0 saturated carbocycles. The van der Waals surface area contributed by atoms with E-state index < -0.39 is 0 Å². The van der Waals surface area contributed by atoms with E-state index in [1.165, 1.54) is 13.4 Å². The summed E-state index contributed by atoms with van der Waals surface area (Å²) in [4.78, 5) is 22.6. The predicted octanol–water partition coefficient (Wildman–Crippen LogP) is 2.13. The first kappa shape index (κ1) is 15.8. The largest absolute Gasteiger partial charge is 0.493 e. The second kappa shape index (κ2) is 6.99. The summed E-state index contributed by atoms with van der Waals surface area (Å²) in [7, 11) is 1.54. The number of hydrogen-bond acceptors (Lipinski definition) is 6. The fraction of sp³-hybridized carbons (Fsp3) is 0.235. The minimum atomic E-state index is -0.209. The summed E-state index contributed by atoms with van der Waals surface area (Å²) < 4.78 is 11.1. The highest BCUT2D eigenvalue weighted by atomic mass is 16.5. The van der Waals surface area contributed by atoms with Crippen LogP contribution in [0, 0.1) is 6.92 Å². The lowest BCUT2D eigenvalue weighted by Gasteiger charge is -2.12. The number of rotatable bonds is 6. The number of aromatic nitrogens is 3. The van der Waals surface area contributed by atoms with Crippen LogP contribution >= 0.6 is 0 Å².